The van der Waals surface area contributed by atoms with Crippen LogP contribution in [0.25, 0.3) is 0 Å². The van der Waals surface area contributed by atoms with Crippen LogP contribution in [0, 0.1) is 5.41 Å². The highest BCUT2D eigenvalue weighted by molar-refractivity contribution is 5.94. The number of primary amides is 1. The number of nitrogen functional groups attached to an aromatic ring is 1. The molecule has 1 aromatic carbocycles. The summed E-state index contributed by atoms with van der Waals surface area (Å²) in [4.78, 5) is 13.6. The molecule has 1 heterocycles. The zero-order valence-electron chi connectivity index (χ0n) is 12.3. The zero-order chi connectivity index (χ0) is 14.8. The van der Waals surface area contributed by atoms with Gasteiger partial charge in [0.15, 0.2) is 0 Å². The predicted octanol–water partition coefficient (Wildman–Crippen LogP) is 1.51. The lowest BCUT2D eigenvalue weighted by Gasteiger charge is -2.38. The number of hydrogen-bond donors (Lipinski definition) is 3. The van der Waals surface area contributed by atoms with Crippen molar-refractivity contribution >= 4 is 17.3 Å². The van der Waals surface area contributed by atoms with Crippen molar-refractivity contribution in [2.75, 3.05) is 37.7 Å². The monoisotopic (exact) mass is 276 g/mol. The third-order valence-corrected chi connectivity index (χ3v) is 4.24. The summed E-state index contributed by atoms with van der Waals surface area (Å²) < 4.78 is 0. The quantitative estimate of drug-likeness (QED) is 0.728. The number of nitrogens with one attached hydrogen (secondary N) is 1. The van der Waals surface area contributed by atoms with Gasteiger partial charge < -0.3 is 21.7 Å². The average Bonchev–Trinajstić information content (AvgIpc) is 2.41. The number of rotatable bonds is 4. The first-order valence-electron chi connectivity index (χ1n) is 7.01. The number of nitrogens with zero attached hydrogens (tertiary/aromatic N) is 1. The molecule has 0 spiro atoms. The Morgan fingerprint density at radius 3 is 2.65 bits per heavy atom. The van der Waals surface area contributed by atoms with Crippen LogP contribution >= 0.6 is 0 Å². The number of amides is 1. The van der Waals surface area contributed by atoms with Crippen molar-refractivity contribution in [1.82, 2.24) is 4.90 Å². The van der Waals surface area contributed by atoms with Crippen LogP contribution in [-0.2, 0) is 0 Å². The minimum atomic E-state index is -0.432. The van der Waals surface area contributed by atoms with E-state index >= 15 is 0 Å². The van der Waals surface area contributed by atoms with E-state index in [9.17, 15) is 4.79 Å². The van der Waals surface area contributed by atoms with E-state index in [1.807, 2.05) is 0 Å². The molecule has 5 N–H and O–H groups in total. The van der Waals surface area contributed by atoms with E-state index in [2.05, 4.69) is 24.2 Å². The van der Waals surface area contributed by atoms with Crippen LogP contribution < -0.4 is 16.8 Å². The van der Waals surface area contributed by atoms with Crippen LogP contribution in [0.2, 0.25) is 0 Å². The summed E-state index contributed by atoms with van der Waals surface area (Å²) in [5.41, 5.74) is 13.4. The van der Waals surface area contributed by atoms with Crippen molar-refractivity contribution < 1.29 is 4.79 Å². The number of carbonyl (C=O) groups excluding carboxylic acids is 1. The maximum absolute atomic E-state index is 11.2. The Hall–Kier alpha value is -1.75. The fourth-order valence-corrected chi connectivity index (χ4v) is 2.51. The van der Waals surface area contributed by atoms with Crippen molar-refractivity contribution in [3.05, 3.63) is 23.8 Å². The molecule has 5 nitrogen and oxygen atoms in total. The van der Waals surface area contributed by atoms with Gasteiger partial charge in [0, 0.05) is 12.1 Å². The number of hydrogen-bond acceptors (Lipinski definition) is 4. The molecule has 0 aromatic heterocycles. The molecule has 1 saturated heterocycles. The van der Waals surface area contributed by atoms with Crippen LogP contribution in [0.15, 0.2) is 18.2 Å². The predicted molar refractivity (Wildman–Crippen MR) is 82.7 cm³/mol. The molecule has 0 atom stereocenters. The SMILES string of the molecule is CN1CCC(C)(CNc2cc(C(N)=O)ccc2N)CC1. The smallest absolute Gasteiger partial charge is 0.248 e. The molecule has 110 valence electrons. The van der Waals surface area contributed by atoms with Gasteiger partial charge in [-0.2, -0.15) is 0 Å². The van der Waals surface area contributed by atoms with Crippen molar-refractivity contribution in [3.63, 3.8) is 0 Å². The van der Waals surface area contributed by atoms with Crippen molar-refractivity contribution in [1.29, 1.82) is 0 Å². The second kappa shape index (κ2) is 5.71. The van der Waals surface area contributed by atoms with E-state index in [4.69, 9.17) is 11.5 Å². The third kappa shape index (κ3) is 3.42. The summed E-state index contributed by atoms with van der Waals surface area (Å²) in [5.74, 6) is -0.432. The van der Waals surface area contributed by atoms with E-state index in [1.54, 1.807) is 18.2 Å². The summed E-state index contributed by atoms with van der Waals surface area (Å²) in [6.45, 7) is 5.39. The molecular formula is C15H24N4O. The lowest BCUT2D eigenvalue weighted by atomic mass is 9.80. The lowest BCUT2D eigenvalue weighted by Crippen LogP contribution is -2.40. The number of carbonyl (C=O) groups is 1. The maximum Gasteiger partial charge on any atom is 0.248 e. The van der Waals surface area contributed by atoms with Gasteiger partial charge in [0.1, 0.15) is 0 Å². The molecule has 1 aliphatic heterocycles. The van der Waals surface area contributed by atoms with Crippen LogP contribution in [0.1, 0.15) is 30.1 Å². The molecule has 20 heavy (non-hydrogen) atoms. The van der Waals surface area contributed by atoms with Crippen molar-refractivity contribution in [3.8, 4) is 0 Å². The van der Waals surface area contributed by atoms with Crippen LogP contribution in [0.4, 0.5) is 11.4 Å². The van der Waals surface area contributed by atoms with E-state index in [0.29, 0.717) is 11.3 Å². The van der Waals surface area contributed by atoms with Crippen molar-refractivity contribution in [2.24, 2.45) is 11.1 Å². The molecule has 1 aromatic rings. The van der Waals surface area contributed by atoms with Gasteiger partial charge in [-0.05, 0) is 56.6 Å². The molecule has 1 aliphatic rings. The molecule has 5 heteroatoms. The second-order valence-electron chi connectivity index (χ2n) is 6.13. The minimum Gasteiger partial charge on any atom is -0.397 e. The standard InChI is InChI=1S/C15H24N4O/c1-15(5-7-19(2)8-6-15)10-18-13-9-11(14(17)20)3-4-12(13)16/h3-4,9,18H,5-8,10,16H2,1-2H3,(H2,17,20). The summed E-state index contributed by atoms with van der Waals surface area (Å²) in [6, 6.07) is 5.11. The summed E-state index contributed by atoms with van der Waals surface area (Å²) in [6.07, 6.45) is 2.32. The van der Waals surface area contributed by atoms with Gasteiger partial charge in [0.05, 0.1) is 11.4 Å². The number of nitrogens with two attached hydrogens (primary N) is 2. The Bertz CT molecular complexity index is 493. The Morgan fingerprint density at radius 2 is 2.05 bits per heavy atom. The van der Waals surface area contributed by atoms with Gasteiger partial charge in [-0.15, -0.1) is 0 Å². The molecule has 2 rings (SSSR count). The molecule has 0 saturated carbocycles. The first-order valence-corrected chi connectivity index (χ1v) is 7.01. The molecule has 0 bridgehead atoms. The average molecular weight is 276 g/mol. The van der Waals surface area contributed by atoms with E-state index < -0.39 is 5.91 Å². The molecule has 1 amide bonds. The molecule has 0 unspecified atom stereocenters. The molecule has 1 fully saturated rings. The highest BCUT2D eigenvalue weighted by Gasteiger charge is 2.28. The third-order valence-electron chi connectivity index (χ3n) is 4.24. The van der Waals surface area contributed by atoms with Gasteiger partial charge in [-0.1, -0.05) is 6.92 Å². The van der Waals surface area contributed by atoms with Gasteiger partial charge in [0.2, 0.25) is 5.91 Å². The summed E-state index contributed by atoms with van der Waals surface area (Å²) >= 11 is 0. The largest absolute Gasteiger partial charge is 0.397 e. The highest BCUT2D eigenvalue weighted by atomic mass is 16.1. The maximum atomic E-state index is 11.2. The van der Waals surface area contributed by atoms with E-state index in [1.165, 1.54) is 0 Å². The van der Waals surface area contributed by atoms with Gasteiger partial charge in [0.25, 0.3) is 0 Å². The van der Waals surface area contributed by atoms with Crippen molar-refractivity contribution in [2.45, 2.75) is 19.8 Å². The summed E-state index contributed by atoms with van der Waals surface area (Å²) in [5, 5.41) is 3.38. The fourth-order valence-electron chi connectivity index (χ4n) is 2.51. The Balaban J connectivity index is 2.03. The number of benzene rings is 1. The first-order chi connectivity index (χ1) is 9.39. The molecule has 0 aliphatic carbocycles. The van der Waals surface area contributed by atoms with Crippen LogP contribution in [-0.4, -0.2) is 37.5 Å². The summed E-state index contributed by atoms with van der Waals surface area (Å²) in [7, 11) is 2.15. The zero-order valence-corrected chi connectivity index (χ0v) is 12.3. The number of piperidine rings is 1. The molecule has 0 radical (unpaired) electrons. The number of anilines is 2. The normalized spacial score (nSPS) is 18.7. The minimum absolute atomic E-state index is 0.266. The van der Waals surface area contributed by atoms with Gasteiger partial charge >= 0.3 is 0 Å². The topological polar surface area (TPSA) is 84.4 Å². The number of likely N-dealkylation sites (tertiary alicyclic amines) is 1. The Kier molecular flexibility index (Phi) is 4.18. The fraction of sp³-hybridized carbons (Fsp3) is 0.533. The lowest BCUT2D eigenvalue weighted by molar-refractivity contribution is 0.100. The highest BCUT2D eigenvalue weighted by Crippen LogP contribution is 2.31. The first kappa shape index (κ1) is 14.7. The van der Waals surface area contributed by atoms with Crippen LogP contribution in [0.3, 0.4) is 0 Å². The van der Waals surface area contributed by atoms with Crippen LogP contribution in [0.5, 0.6) is 0 Å². The Labute approximate surface area is 120 Å². The van der Waals surface area contributed by atoms with Gasteiger partial charge in [-0.3, -0.25) is 4.79 Å². The van der Waals surface area contributed by atoms with E-state index in [0.717, 1.165) is 38.2 Å². The van der Waals surface area contributed by atoms with Gasteiger partial charge in [-0.25, -0.2) is 0 Å². The Morgan fingerprint density at radius 1 is 1.40 bits per heavy atom. The second-order valence-corrected chi connectivity index (χ2v) is 6.13. The van der Waals surface area contributed by atoms with E-state index in [-0.39, 0.29) is 5.41 Å². The molecular weight excluding hydrogens is 252 g/mol.